The zero-order chi connectivity index (χ0) is 13.5. The predicted molar refractivity (Wildman–Crippen MR) is 73.2 cm³/mol. The van der Waals surface area contributed by atoms with E-state index in [0.717, 1.165) is 58.7 Å². The number of urea groups is 1. The Morgan fingerprint density at radius 2 is 2.26 bits per heavy atom. The number of carbonyl (C=O) groups excluding carboxylic acids is 1. The SMILES string of the molecule is CCOCCCNC(=O)N(CC1CCOC1)C1CC1. The summed E-state index contributed by atoms with van der Waals surface area (Å²) in [5.74, 6) is 0.523. The third-order valence-electron chi connectivity index (χ3n) is 3.67. The Kier molecular flexibility index (Phi) is 5.92. The molecule has 0 bridgehead atoms. The van der Waals surface area contributed by atoms with Crippen molar-refractivity contribution < 1.29 is 14.3 Å². The smallest absolute Gasteiger partial charge is 0.317 e. The summed E-state index contributed by atoms with van der Waals surface area (Å²) in [5.41, 5.74) is 0. The number of hydrogen-bond acceptors (Lipinski definition) is 3. The fourth-order valence-corrected chi connectivity index (χ4v) is 2.40. The van der Waals surface area contributed by atoms with Crippen LogP contribution in [0.4, 0.5) is 4.79 Å². The Balaban J connectivity index is 1.67. The highest BCUT2D eigenvalue weighted by atomic mass is 16.5. The van der Waals surface area contributed by atoms with Gasteiger partial charge in [-0.3, -0.25) is 0 Å². The Labute approximate surface area is 115 Å². The molecule has 1 aliphatic carbocycles. The number of carbonyl (C=O) groups is 1. The zero-order valence-corrected chi connectivity index (χ0v) is 11.9. The lowest BCUT2D eigenvalue weighted by Crippen LogP contribution is -2.44. The molecule has 1 aliphatic heterocycles. The highest BCUT2D eigenvalue weighted by Gasteiger charge is 2.34. The molecule has 1 heterocycles. The van der Waals surface area contributed by atoms with E-state index >= 15 is 0 Å². The lowest BCUT2D eigenvalue weighted by Gasteiger charge is -2.25. The number of nitrogens with zero attached hydrogens (tertiary/aromatic N) is 1. The summed E-state index contributed by atoms with van der Waals surface area (Å²) in [4.78, 5) is 14.2. The maximum Gasteiger partial charge on any atom is 0.317 e. The van der Waals surface area contributed by atoms with Crippen molar-refractivity contribution in [1.29, 1.82) is 0 Å². The zero-order valence-electron chi connectivity index (χ0n) is 11.9. The van der Waals surface area contributed by atoms with Gasteiger partial charge in [0.25, 0.3) is 0 Å². The van der Waals surface area contributed by atoms with Gasteiger partial charge < -0.3 is 19.7 Å². The van der Waals surface area contributed by atoms with Crippen molar-refractivity contribution in [1.82, 2.24) is 10.2 Å². The second kappa shape index (κ2) is 7.70. The first-order valence-corrected chi connectivity index (χ1v) is 7.51. The molecule has 1 unspecified atom stereocenters. The molecule has 5 heteroatoms. The molecule has 1 N–H and O–H groups in total. The fourth-order valence-electron chi connectivity index (χ4n) is 2.40. The van der Waals surface area contributed by atoms with Crippen LogP contribution in [-0.2, 0) is 9.47 Å². The molecule has 2 rings (SSSR count). The van der Waals surface area contributed by atoms with Crippen LogP contribution in [0.15, 0.2) is 0 Å². The van der Waals surface area contributed by atoms with Crippen LogP contribution >= 0.6 is 0 Å². The van der Waals surface area contributed by atoms with Crippen LogP contribution < -0.4 is 5.32 Å². The monoisotopic (exact) mass is 270 g/mol. The Bertz CT molecular complexity index is 276. The molecule has 5 nitrogen and oxygen atoms in total. The predicted octanol–water partition coefficient (Wildman–Crippen LogP) is 1.62. The number of ether oxygens (including phenoxy) is 2. The molecule has 2 fully saturated rings. The van der Waals surface area contributed by atoms with Gasteiger partial charge in [-0.15, -0.1) is 0 Å². The molecule has 1 saturated carbocycles. The lowest BCUT2D eigenvalue weighted by molar-refractivity contribution is 0.142. The van der Waals surface area contributed by atoms with Crippen molar-refractivity contribution in [2.45, 2.75) is 38.6 Å². The lowest BCUT2D eigenvalue weighted by atomic mass is 10.1. The molecule has 2 aliphatic rings. The van der Waals surface area contributed by atoms with Gasteiger partial charge >= 0.3 is 6.03 Å². The van der Waals surface area contributed by atoms with Crippen LogP contribution in [-0.4, -0.2) is 56.5 Å². The van der Waals surface area contributed by atoms with Crippen molar-refractivity contribution in [3.63, 3.8) is 0 Å². The van der Waals surface area contributed by atoms with Gasteiger partial charge in [0, 0.05) is 44.9 Å². The van der Waals surface area contributed by atoms with Crippen molar-refractivity contribution in [3.05, 3.63) is 0 Å². The molecule has 0 spiro atoms. The van der Waals surface area contributed by atoms with Crippen LogP contribution in [0, 0.1) is 5.92 Å². The van der Waals surface area contributed by atoms with E-state index < -0.39 is 0 Å². The van der Waals surface area contributed by atoms with E-state index in [2.05, 4.69) is 5.32 Å². The minimum absolute atomic E-state index is 0.0888. The van der Waals surface area contributed by atoms with Crippen molar-refractivity contribution in [2.75, 3.05) is 39.5 Å². The Morgan fingerprint density at radius 1 is 1.42 bits per heavy atom. The van der Waals surface area contributed by atoms with Gasteiger partial charge in [-0.2, -0.15) is 0 Å². The molecular weight excluding hydrogens is 244 g/mol. The van der Waals surface area contributed by atoms with E-state index in [1.807, 2.05) is 11.8 Å². The molecular formula is C14H26N2O3. The number of nitrogens with one attached hydrogen (secondary N) is 1. The van der Waals surface area contributed by atoms with Gasteiger partial charge in [0.2, 0.25) is 0 Å². The van der Waals surface area contributed by atoms with E-state index in [-0.39, 0.29) is 6.03 Å². The molecule has 0 radical (unpaired) electrons. The van der Waals surface area contributed by atoms with E-state index in [9.17, 15) is 4.79 Å². The Morgan fingerprint density at radius 3 is 2.89 bits per heavy atom. The minimum Gasteiger partial charge on any atom is -0.382 e. The van der Waals surface area contributed by atoms with Crippen LogP contribution in [0.3, 0.4) is 0 Å². The van der Waals surface area contributed by atoms with Crippen molar-refractivity contribution in [3.8, 4) is 0 Å². The topological polar surface area (TPSA) is 50.8 Å². The van der Waals surface area contributed by atoms with Gasteiger partial charge in [-0.05, 0) is 32.6 Å². The first-order chi connectivity index (χ1) is 9.31. The van der Waals surface area contributed by atoms with Crippen molar-refractivity contribution >= 4 is 6.03 Å². The second-order valence-electron chi connectivity index (χ2n) is 5.40. The molecule has 0 aromatic carbocycles. The highest BCUT2D eigenvalue weighted by molar-refractivity contribution is 5.74. The number of rotatable bonds is 8. The molecule has 0 aromatic heterocycles. The van der Waals surface area contributed by atoms with Gasteiger partial charge in [0.1, 0.15) is 0 Å². The summed E-state index contributed by atoms with van der Waals surface area (Å²) in [6, 6.07) is 0.554. The molecule has 1 saturated heterocycles. The molecule has 0 aromatic rings. The van der Waals surface area contributed by atoms with E-state index in [4.69, 9.17) is 9.47 Å². The summed E-state index contributed by atoms with van der Waals surface area (Å²) in [7, 11) is 0. The highest BCUT2D eigenvalue weighted by Crippen LogP contribution is 2.28. The van der Waals surface area contributed by atoms with Gasteiger partial charge in [0.15, 0.2) is 0 Å². The average molecular weight is 270 g/mol. The summed E-state index contributed by atoms with van der Waals surface area (Å²) >= 11 is 0. The molecule has 19 heavy (non-hydrogen) atoms. The molecule has 2 amide bonds. The summed E-state index contributed by atoms with van der Waals surface area (Å²) in [6.45, 7) is 6.64. The van der Waals surface area contributed by atoms with Crippen LogP contribution in [0.25, 0.3) is 0 Å². The normalized spacial score (nSPS) is 22.5. The van der Waals surface area contributed by atoms with E-state index in [1.165, 1.54) is 0 Å². The Hall–Kier alpha value is -0.810. The first kappa shape index (κ1) is 14.6. The average Bonchev–Trinajstić information content (AvgIpc) is 3.12. The maximum atomic E-state index is 12.2. The number of hydrogen-bond donors (Lipinski definition) is 1. The minimum atomic E-state index is 0.0888. The quantitative estimate of drug-likeness (QED) is 0.682. The first-order valence-electron chi connectivity index (χ1n) is 7.51. The van der Waals surface area contributed by atoms with Crippen LogP contribution in [0.1, 0.15) is 32.6 Å². The second-order valence-corrected chi connectivity index (χ2v) is 5.40. The summed E-state index contributed by atoms with van der Waals surface area (Å²) in [6.07, 6.45) is 4.27. The van der Waals surface area contributed by atoms with Gasteiger partial charge in [0.05, 0.1) is 6.61 Å². The largest absolute Gasteiger partial charge is 0.382 e. The summed E-state index contributed by atoms with van der Waals surface area (Å²) in [5, 5.41) is 3.00. The van der Waals surface area contributed by atoms with Gasteiger partial charge in [-0.1, -0.05) is 0 Å². The fraction of sp³-hybridized carbons (Fsp3) is 0.929. The van der Waals surface area contributed by atoms with Crippen LogP contribution in [0.5, 0.6) is 0 Å². The third-order valence-corrected chi connectivity index (χ3v) is 3.67. The standard InChI is InChI=1S/C14H26N2O3/c1-2-18-8-3-7-15-14(17)16(13-4-5-13)10-12-6-9-19-11-12/h12-13H,2-11H2,1H3,(H,15,17). The van der Waals surface area contributed by atoms with Crippen LogP contribution in [0.2, 0.25) is 0 Å². The van der Waals surface area contributed by atoms with Gasteiger partial charge in [-0.25, -0.2) is 4.79 Å². The molecule has 1 atom stereocenters. The maximum absolute atomic E-state index is 12.2. The van der Waals surface area contributed by atoms with E-state index in [1.54, 1.807) is 0 Å². The molecule has 110 valence electrons. The third kappa shape index (κ3) is 4.99. The van der Waals surface area contributed by atoms with Crippen molar-refractivity contribution in [2.24, 2.45) is 5.92 Å². The number of amides is 2. The van der Waals surface area contributed by atoms with E-state index in [0.29, 0.717) is 18.5 Å². The summed E-state index contributed by atoms with van der Waals surface area (Å²) < 4.78 is 10.7.